The lowest BCUT2D eigenvalue weighted by molar-refractivity contribution is -0.384. The van der Waals surface area contributed by atoms with Crippen molar-refractivity contribution in [1.29, 1.82) is 0 Å². The Hall–Kier alpha value is -2.26. The Labute approximate surface area is 150 Å². The number of rotatable bonds is 7. The molecule has 24 heavy (non-hydrogen) atoms. The predicted molar refractivity (Wildman–Crippen MR) is 90.3 cm³/mol. The van der Waals surface area contributed by atoms with E-state index in [9.17, 15) is 14.9 Å². The number of amides is 1. The van der Waals surface area contributed by atoms with Crippen LogP contribution in [0.5, 0.6) is 6.01 Å². The lowest BCUT2D eigenvalue weighted by atomic mass is 10.2. The van der Waals surface area contributed by atoms with Crippen molar-refractivity contribution in [3.8, 4) is 6.01 Å². The zero-order valence-corrected chi connectivity index (χ0v) is 14.6. The highest BCUT2D eigenvalue weighted by Gasteiger charge is 2.15. The number of nitro groups is 1. The molecule has 1 N–H and O–H groups in total. The number of nitrogens with one attached hydrogen (secondary N) is 1. The fraction of sp³-hybridized carbons (Fsp3) is 0.214. The molecule has 0 radical (unpaired) electrons. The van der Waals surface area contributed by atoms with Gasteiger partial charge in [-0.1, -0.05) is 11.6 Å². The molecule has 0 unspecified atom stereocenters. The van der Waals surface area contributed by atoms with Crippen LogP contribution in [0.2, 0.25) is 5.02 Å². The number of nitrogens with zero attached hydrogens (tertiary/aromatic N) is 3. The summed E-state index contributed by atoms with van der Waals surface area (Å²) in [5.74, 6) is -0.483. The van der Waals surface area contributed by atoms with E-state index >= 15 is 0 Å². The Balaban J connectivity index is 1.80. The van der Waals surface area contributed by atoms with E-state index in [0.717, 1.165) is 10.5 Å². The Morgan fingerprint density at radius 3 is 2.75 bits per heavy atom. The standard InChI is InChI=1S/C14H12BrClN4O4/c15-9-7-18-14(19-8-9)24-5-1-4-17-13(21)11-6-10(20(22)23)2-3-12(11)16/h2-3,6-8H,1,4-5H2,(H,17,21). The van der Waals surface area contributed by atoms with Crippen LogP contribution in [0.3, 0.4) is 0 Å². The van der Waals surface area contributed by atoms with Crippen LogP contribution in [0, 0.1) is 10.1 Å². The first-order valence-corrected chi connectivity index (χ1v) is 7.97. The van der Waals surface area contributed by atoms with Crippen molar-refractivity contribution < 1.29 is 14.5 Å². The number of hydrogen-bond donors (Lipinski definition) is 1. The summed E-state index contributed by atoms with van der Waals surface area (Å²) in [4.78, 5) is 30.1. The van der Waals surface area contributed by atoms with Gasteiger partial charge in [0, 0.05) is 31.1 Å². The zero-order chi connectivity index (χ0) is 17.5. The fourth-order valence-corrected chi connectivity index (χ4v) is 2.12. The van der Waals surface area contributed by atoms with E-state index in [0.29, 0.717) is 19.6 Å². The Kier molecular flexibility index (Phi) is 6.44. The average molecular weight is 416 g/mol. The molecule has 0 saturated heterocycles. The number of ether oxygens (including phenoxy) is 1. The van der Waals surface area contributed by atoms with Gasteiger partial charge in [-0.2, -0.15) is 0 Å². The molecule has 0 saturated carbocycles. The predicted octanol–water partition coefficient (Wildman–Crippen LogP) is 3.00. The number of carbonyl (C=O) groups is 1. The molecule has 1 amide bonds. The number of carbonyl (C=O) groups excluding carboxylic acids is 1. The summed E-state index contributed by atoms with van der Waals surface area (Å²) in [5, 5.41) is 13.5. The van der Waals surface area contributed by atoms with Gasteiger partial charge in [0.25, 0.3) is 11.6 Å². The van der Waals surface area contributed by atoms with Crippen LogP contribution in [-0.4, -0.2) is 34.0 Å². The molecule has 0 aliphatic rings. The van der Waals surface area contributed by atoms with Crippen LogP contribution in [0.1, 0.15) is 16.8 Å². The Morgan fingerprint density at radius 1 is 1.38 bits per heavy atom. The third-order valence-corrected chi connectivity index (χ3v) is 3.58. The highest BCUT2D eigenvalue weighted by Crippen LogP contribution is 2.21. The van der Waals surface area contributed by atoms with Crippen molar-refractivity contribution in [2.75, 3.05) is 13.2 Å². The molecular formula is C14H12BrClN4O4. The van der Waals surface area contributed by atoms with Crippen molar-refractivity contribution in [2.24, 2.45) is 0 Å². The van der Waals surface area contributed by atoms with Crippen LogP contribution in [-0.2, 0) is 0 Å². The summed E-state index contributed by atoms with van der Waals surface area (Å²) in [6.45, 7) is 0.624. The highest BCUT2D eigenvalue weighted by atomic mass is 79.9. The smallest absolute Gasteiger partial charge is 0.316 e. The van der Waals surface area contributed by atoms with Gasteiger partial charge in [0.1, 0.15) is 0 Å². The molecule has 10 heteroatoms. The average Bonchev–Trinajstić information content (AvgIpc) is 2.56. The third kappa shape index (κ3) is 5.14. The maximum atomic E-state index is 12.0. The van der Waals surface area contributed by atoms with E-state index in [2.05, 4.69) is 31.2 Å². The van der Waals surface area contributed by atoms with E-state index in [-0.39, 0.29) is 22.3 Å². The second kappa shape index (κ2) is 8.55. The van der Waals surface area contributed by atoms with E-state index in [1.54, 1.807) is 12.4 Å². The maximum absolute atomic E-state index is 12.0. The first kappa shape index (κ1) is 18.1. The molecule has 0 atom stereocenters. The molecule has 2 rings (SSSR count). The first-order valence-electron chi connectivity index (χ1n) is 6.80. The van der Waals surface area contributed by atoms with Crippen LogP contribution >= 0.6 is 27.5 Å². The second-order valence-electron chi connectivity index (χ2n) is 4.56. The van der Waals surface area contributed by atoms with Crippen LogP contribution in [0.25, 0.3) is 0 Å². The van der Waals surface area contributed by atoms with E-state index < -0.39 is 10.8 Å². The minimum atomic E-state index is -0.584. The molecule has 0 aliphatic carbocycles. The van der Waals surface area contributed by atoms with Crippen molar-refractivity contribution >= 4 is 39.1 Å². The third-order valence-electron chi connectivity index (χ3n) is 2.84. The van der Waals surface area contributed by atoms with Gasteiger partial charge < -0.3 is 10.1 Å². The summed E-state index contributed by atoms with van der Waals surface area (Å²) in [6.07, 6.45) is 3.64. The minimum absolute atomic E-state index is 0.0584. The summed E-state index contributed by atoms with van der Waals surface area (Å²) >= 11 is 9.12. The maximum Gasteiger partial charge on any atom is 0.316 e. The molecule has 1 aromatic heterocycles. The number of nitro benzene ring substituents is 1. The van der Waals surface area contributed by atoms with Crippen molar-refractivity contribution in [2.45, 2.75) is 6.42 Å². The Morgan fingerprint density at radius 2 is 2.08 bits per heavy atom. The van der Waals surface area contributed by atoms with Crippen molar-refractivity contribution in [1.82, 2.24) is 15.3 Å². The summed E-state index contributed by atoms with van der Waals surface area (Å²) in [6, 6.07) is 3.95. The van der Waals surface area contributed by atoms with Gasteiger partial charge in [-0.3, -0.25) is 14.9 Å². The van der Waals surface area contributed by atoms with E-state index in [1.165, 1.54) is 12.1 Å². The number of non-ortho nitro benzene ring substituents is 1. The first-order chi connectivity index (χ1) is 11.5. The van der Waals surface area contributed by atoms with Crippen LogP contribution < -0.4 is 10.1 Å². The van der Waals surface area contributed by atoms with E-state index in [4.69, 9.17) is 16.3 Å². The molecule has 0 bridgehead atoms. The molecule has 1 heterocycles. The molecule has 0 spiro atoms. The second-order valence-corrected chi connectivity index (χ2v) is 5.89. The van der Waals surface area contributed by atoms with Gasteiger partial charge in [-0.15, -0.1) is 0 Å². The van der Waals surface area contributed by atoms with E-state index in [1.807, 2.05) is 0 Å². The van der Waals surface area contributed by atoms with Gasteiger partial charge in [0.05, 0.1) is 26.6 Å². The summed E-state index contributed by atoms with van der Waals surface area (Å²) in [5.41, 5.74) is -0.136. The highest BCUT2D eigenvalue weighted by molar-refractivity contribution is 9.10. The number of aromatic nitrogens is 2. The molecule has 0 fully saturated rings. The SMILES string of the molecule is O=C(NCCCOc1ncc(Br)cn1)c1cc([N+](=O)[O-])ccc1Cl. The zero-order valence-electron chi connectivity index (χ0n) is 12.2. The number of halogens is 2. The quantitative estimate of drug-likeness (QED) is 0.423. The van der Waals surface area contributed by atoms with Crippen molar-refractivity contribution in [3.05, 3.63) is 55.8 Å². The molecular weight excluding hydrogens is 404 g/mol. The van der Waals surface area contributed by atoms with Gasteiger partial charge in [0.2, 0.25) is 0 Å². The molecule has 0 aliphatic heterocycles. The molecule has 126 valence electrons. The molecule has 2 aromatic rings. The van der Waals surface area contributed by atoms with Crippen LogP contribution in [0.15, 0.2) is 35.1 Å². The molecule has 8 nitrogen and oxygen atoms in total. The van der Waals surface area contributed by atoms with Gasteiger partial charge >= 0.3 is 6.01 Å². The molecule has 1 aromatic carbocycles. The largest absolute Gasteiger partial charge is 0.463 e. The van der Waals surface area contributed by atoms with Crippen molar-refractivity contribution in [3.63, 3.8) is 0 Å². The lowest BCUT2D eigenvalue weighted by Gasteiger charge is -2.07. The fourth-order valence-electron chi connectivity index (χ4n) is 1.71. The minimum Gasteiger partial charge on any atom is -0.463 e. The lowest BCUT2D eigenvalue weighted by Crippen LogP contribution is -2.26. The summed E-state index contributed by atoms with van der Waals surface area (Å²) < 4.78 is 6.06. The summed E-state index contributed by atoms with van der Waals surface area (Å²) in [7, 11) is 0. The Bertz CT molecular complexity index is 742. The number of hydrogen-bond acceptors (Lipinski definition) is 6. The normalized spacial score (nSPS) is 10.2. The van der Waals surface area contributed by atoms with Gasteiger partial charge in [-0.25, -0.2) is 9.97 Å². The van der Waals surface area contributed by atoms with Gasteiger partial charge in [-0.05, 0) is 28.4 Å². The number of benzene rings is 1. The topological polar surface area (TPSA) is 107 Å². The monoisotopic (exact) mass is 414 g/mol. The van der Waals surface area contributed by atoms with Gasteiger partial charge in [0.15, 0.2) is 0 Å². The van der Waals surface area contributed by atoms with Crippen LogP contribution in [0.4, 0.5) is 5.69 Å².